The van der Waals surface area contributed by atoms with Gasteiger partial charge in [-0.25, -0.2) is 4.39 Å². The zero-order valence-corrected chi connectivity index (χ0v) is 10.4. The molecule has 1 amide bonds. The first kappa shape index (κ1) is 13.3. The van der Waals surface area contributed by atoms with Gasteiger partial charge in [-0.2, -0.15) is 0 Å². The van der Waals surface area contributed by atoms with Gasteiger partial charge in [0, 0.05) is 11.6 Å². The minimum absolute atomic E-state index is 0.374. The van der Waals surface area contributed by atoms with E-state index in [1.54, 1.807) is 0 Å². The summed E-state index contributed by atoms with van der Waals surface area (Å²) < 4.78 is 13.7. The van der Waals surface area contributed by atoms with Crippen LogP contribution in [0.4, 0.5) is 15.8 Å². The van der Waals surface area contributed by atoms with Crippen molar-refractivity contribution in [3.05, 3.63) is 33.6 Å². The van der Waals surface area contributed by atoms with Gasteiger partial charge >= 0.3 is 0 Å². The number of benzene rings is 1. The third-order valence-corrected chi connectivity index (χ3v) is 3.47. The van der Waals surface area contributed by atoms with Gasteiger partial charge in [-0.15, -0.1) is 0 Å². The van der Waals surface area contributed by atoms with Gasteiger partial charge in [0.1, 0.15) is 17.1 Å². The van der Waals surface area contributed by atoms with E-state index in [0.717, 1.165) is 31.4 Å². The Balaban J connectivity index is 2.35. The zero-order chi connectivity index (χ0) is 14.2. The second-order valence-electron chi connectivity index (χ2n) is 4.98. The number of nitro benzene ring substituents is 1. The number of nitrogens with two attached hydrogens (primary N) is 1. The highest BCUT2D eigenvalue weighted by atomic mass is 19.1. The zero-order valence-electron chi connectivity index (χ0n) is 10.4. The summed E-state index contributed by atoms with van der Waals surface area (Å²) in [5, 5.41) is 13.4. The van der Waals surface area contributed by atoms with Crippen LogP contribution >= 0.6 is 0 Å². The number of nitro groups is 1. The fourth-order valence-electron chi connectivity index (χ4n) is 2.14. The summed E-state index contributed by atoms with van der Waals surface area (Å²) in [5.41, 5.74) is 3.78. The summed E-state index contributed by atoms with van der Waals surface area (Å²) in [6, 6.07) is 1.83. The van der Waals surface area contributed by atoms with Crippen molar-refractivity contribution < 1.29 is 14.1 Å². The first-order valence-corrected chi connectivity index (χ1v) is 5.89. The molecule has 1 fully saturated rings. The molecule has 6 nitrogen and oxygen atoms in total. The van der Waals surface area contributed by atoms with Crippen molar-refractivity contribution in [2.24, 2.45) is 0 Å². The Hall–Kier alpha value is -2.18. The first-order chi connectivity index (χ1) is 8.84. The molecular weight excluding hydrogens is 253 g/mol. The topological polar surface area (TPSA) is 98.3 Å². The third kappa shape index (κ3) is 2.35. The number of anilines is 1. The van der Waals surface area contributed by atoms with Crippen LogP contribution in [-0.4, -0.2) is 16.4 Å². The average Bonchev–Trinajstić information content (AvgIpc) is 2.26. The van der Waals surface area contributed by atoms with Crippen molar-refractivity contribution in [1.82, 2.24) is 5.32 Å². The lowest BCUT2D eigenvalue weighted by Gasteiger charge is -2.39. The molecule has 0 aromatic heterocycles. The molecule has 19 heavy (non-hydrogen) atoms. The van der Waals surface area contributed by atoms with Gasteiger partial charge in [0.15, 0.2) is 0 Å². The molecule has 1 aliphatic carbocycles. The number of hydrogen-bond acceptors (Lipinski definition) is 4. The maximum atomic E-state index is 13.7. The molecular formula is C12H14FN3O3. The maximum Gasteiger partial charge on any atom is 0.293 e. The summed E-state index contributed by atoms with van der Waals surface area (Å²) in [4.78, 5) is 22.0. The number of hydrogen-bond donors (Lipinski definition) is 2. The lowest BCUT2D eigenvalue weighted by Crippen LogP contribution is -2.51. The molecule has 1 aliphatic rings. The molecule has 0 unspecified atom stereocenters. The molecule has 0 heterocycles. The highest BCUT2D eigenvalue weighted by molar-refractivity contribution is 6.01. The standard InChI is InChI=1S/C12H14FN3O3/c1-12(5-2-6-12)15-11(17)9-7(13)3-4-8(10(9)14)16(18)19/h3-4H,2,5-6,14H2,1H3,(H,15,17). The number of nitrogens with zero attached hydrogens (tertiary/aromatic N) is 1. The molecule has 0 atom stereocenters. The van der Waals surface area contributed by atoms with Crippen LogP contribution in [0.3, 0.4) is 0 Å². The van der Waals surface area contributed by atoms with Crippen LogP contribution in [0, 0.1) is 15.9 Å². The first-order valence-electron chi connectivity index (χ1n) is 5.89. The molecule has 0 aliphatic heterocycles. The number of nitrogens with one attached hydrogen (secondary N) is 1. The molecule has 3 N–H and O–H groups in total. The maximum absolute atomic E-state index is 13.7. The van der Waals surface area contributed by atoms with Crippen LogP contribution in [0.15, 0.2) is 12.1 Å². The molecule has 1 aromatic rings. The summed E-state index contributed by atoms with van der Waals surface area (Å²) in [7, 11) is 0. The molecule has 102 valence electrons. The minimum atomic E-state index is -0.858. The monoisotopic (exact) mass is 267 g/mol. The van der Waals surface area contributed by atoms with Crippen LogP contribution in [0.1, 0.15) is 36.5 Å². The van der Waals surface area contributed by atoms with Gasteiger partial charge in [0.25, 0.3) is 11.6 Å². The van der Waals surface area contributed by atoms with E-state index in [0.29, 0.717) is 0 Å². The normalized spacial score (nSPS) is 16.5. The molecule has 1 saturated carbocycles. The predicted molar refractivity (Wildman–Crippen MR) is 67.2 cm³/mol. The van der Waals surface area contributed by atoms with Crippen LogP contribution in [-0.2, 0) is 0 Å². The molecule has 0 saturated heterocycles. The van der Waals surface area contributed by atoms with Crippen molar-refractivity contribution in [3.63, 3.8) is 0 Å². The quantitative estimate of drug-likeness (QED) is 0.497. The van der Waals surface area contributed by atoms with E-state index in [-0.39, 0.29) is 5.54 Å². The molecule has 7 heteroatoms. The minimum Gasteiger partial charge on any atom is -0.392 e. The Morgan fingerprint density at radius 3 is 2.63 bits per heavy atom. The summed E-state index contributed by atoms with van der Waals surface area (Å²) in [6.45, 7) is 1.85. The lowest BCUT2D eigenvalue weighted by atomic mass is 9.78. The van der Waals surface area contributed by atoms with Gasteiger partial charge in [-0.05, 0) is 32.3 Å². The van der Waals surface area contributed by atoms with E-state index in [1.807, 2.05) is 6.92 Å². The number of halogens is 1. The summed E-state index contributed by atoms with van der Waals surface area (Å²) >= 11 is 0. The summed E-state index contributed by atoms with van der Waals surface area (Å²) in [6.07, 6.45) is 2.59. The van der Waals surface area contributed by atoms with Crippen LogP contribution in [0.25, 0.3) is 0 Å². The van der Waals surface area contributed by atoms with E-state index < -0.39 is 33.6 Å². The van der Waals surface area contributed by atoms with Crippen LogP contribution < -0.4 is 11.1 Å². The number of amides is 1. The number of carbonyl (C=O) groups excluding carboxylic acids is 1. The fraction of sp³-hybridized carbons (Fsp3) is 0.417. The molecule has 0 radical (unpaired) electrons. The highest BCUT2D eigenvalue weighted by Gasteiger charge is 2.35. The largest absolute Gasteiger partial charge is 0.392 e. The van der Waals surface area contributed by atoms with Crippen molar-refractivity contribution in [2.75, 3.05) is 5.73 Å². The molecule has 0 spiro atoms. The Morgan fingerprint density at radius 2 is 2.16 bits per heavy atom. The highest BCUT2D eigenvalue weighted by Crippen LogP contribution is 2.33. The van der Waals surface area contributed by atoms with Gasteiger partial charge in [0.2, 0.25) is 0 Å². The Morgan fingerprint density at radius 1 is 1.53 bits per heavy atom. The Bertz CT molecular complexity index is 555. The smallest absolute Gasteiger partial charge is 0.293 e. The van der Waals surface area contributed by atoms with Crippen molar-refractivity contribution in [2.45, 2.75) is 31.7 Å². The fourth-order valence-corrected chi connectivity index (χ4v) is 2.14. The Kier molecular flexibility index (Phi) is 3.13. The number of nitrogen functional groups attached to an aromatic ring is 1. The SMILES string of the molecule is CC1(NC(=O)c2c(F)ccc([N+](=O)[O-])c2N)CCC1. The lowest BCUT2D eigenvalue weighted by molar-refractivity contribution is -0.384. The van der Waals surface area contributed by atoms with Crippen molar-refractivity contribution in [1.29, 1.82) is 0 Å². The van der Waals surface area contributed by atoms with Gasteiger partial charge in [0.05, 0.1) is 4.92 Å². The van der Waals surface area contributed by atoms with Gasteiger partial charge in [-0.3, -0.25) is 14.9 Å². The average molecular weight is 267 g/mol. The second kappa shape index (κ2) is 4.49. The summed E-state index contributed by atoms with van der Waals surface area (Å²) in [5.74, 6) is -1.57. The predicted octanol–water partition coefficient (Wildman–Crippen LogP) is 1.99. The van der Waals surface area contributed by atoms with E-state index in [2.05, 4.69) is 5.32 Å². The molecule has 2 rings (SSSR count). The van der Waals surface area contributed by atoms with E-state index >= 15 is 0 Å². The Labute approximate surface area is 108 Å². The van der Waals surface area contributed by atoms with Gasteiger partial charge in [-0.1, -0.05) is 0 Å². The van der Waals surface area contributed by atoms with Gasteiger partial charge < -0.3 is 11.1 Å². The second-order valence-corrected chi connectivity index (χ2v) is 4.98. The molecule has 0 bridgehead atoms. The van der Waals surface area contributed by atoms with E-state index in [4.69, 9.17) is 5.73 Å². The van der Waals surface area contributed by atoms with E-state index in [1.165, 1.54) is 0 Å². The third-order valence-electron chi connectivity index (χ3n) is 3.47. The number of carbonyl (C=O) groups is 1. The van der Waals surface area contributed by atoms with Crippen molar-refractivity contribution in [3.8, 4) is 0 Å². The molecule has 1 aromatic carbocycles. The van der Waals surface area contributed by atoms with Crippen molar-refractivity contribution >= 4 is 17.3 Å². The van der Waals surface area contributed by atoms with E-state index in [9.17, 15) is 19.3 Å². The number of rotatable bonds is 3. The van der Waals surface area contributed by atoms with Crippen LogP contribution in [0.2, 0.25) is 0 Å². The van der Waals surface area contributed by atoms with Crippen LogP contribution in [0.5, 0.6) is 0 Å².